The molecule has 0 amide bonds. The van der Waals surface area contributed by atoms with Gasteiger partial charge in [-0.25, -0.2) is 4.99 Å². The van der Waals surface area contributed by atoms with Crippen molar-refractivity contribution in [2.75, 3.05) is 0 Å². The minimum atomic E-state index is -0.153. The van der Waals surface area contributed by atoms with Crippen LogP contribution in [0.2, 0.25) is 0 Å². The summed E-state index contributed by atoms with van der Waals surface area (Å²) >= 11 is 2.02. The molecular formula is C53H48N4S. The van der Waals surface area contributed by atoms with Crippen molar-refractivity contribution in [1.82, 2.24) is 10.2 Å². The van der Waals surface area contributed by atoms with Crippen LogP contribution in [0.3, 0.4) is 0 Å². The van der Waals surface area contributed by atoms with Crippen molar-refractivity contribution in [3.63, 3.8) is 0 Å². The normalized spacial score (nSPS) is 29.0. The van der Waals surface area contributed by atoms with E-state index in [0.717, 1.165) is 41.1 Å². The predicted molar refractivity (Wildman–Crippen MR) is 245 cm³/mol. The molecule has 1 N–H and O–H groups in total. The zero-order chi connectivity index (χ0) is 39.0. The van der Waals surface area contributed by atoms with Crippen LogP contribution in [0.25, 0.3) is 16.7 Å². The molecule has 3 aromatic rings. The fourth-order valence-corrected chi connectivity index (χ4v) is 11.2. The Hall–Kier alpha value is -5.91. The lowest BCUT2D eigenvalue weighted by Gasteiger charge is -2.35. The molecule has 4 aliphatic heterocycles. The van der Waals surface area contributed by atoms with Crippen molar-refractivity contribution in [3.8, 4) is 11.1 Å². The molecule has 4 nitrogen and oxygen atoms in total. The smallest absolute Gasteiger partial charge is 0.137 e. The highest BCUT2D eigenvalue weighted by molar-refractivity contribution is 8.04. The molecule has 5 heteroatoms. The number of benzene rings is 3. The van der Waals surface area contributed by atoms with Crippen LogP contribution in [0.4, 0.5) is 0 Å². The fourth-order valence-electron chi connectivity index (χ4n) is 9.88. The molecule has 0 bridgehead atoms. The summed E-state index contributed by atoms with van der Waals surface area (Å²) in [5, 5.41) is 4.10. The van der Waals surface area contributed by atoms with Crippen molar-refractivity contribution in [2.45, 2.75) is 50.1 Å². The SMILES string of the molecule is C/C=C\C(=C1\C2=CC3C4C=CC=CC4N(C4=CC=CCC4)C3C=C2SC1C)C1N=CC(c2cccc(-c3ccccc3)c2)=CC1C1=CC=CN=C(c2ccccc2)N1. The molecule has 2 saturated heterocycles. The number of likely N-dealkylation sites (tertiary alicyclic amines) is 1. The van der Waals surface area contributed by atoms with Gasteiger partial charge in [0.2, 0.25) is 0 Å². The zero-order valence-corrected chi connectivity index (χ0v) is 33.8. The van der Waals surface area contributed by atoms with Crippen molar-refractivity contribution < 1.29 is 0 Å². The molecule has 7 aliphatic rings. The Bertz CT molecular complexity index is 2520. The highest BCUT2D eigenvalue weighted by atomic mass is 32.2. The fraction of sp³-hybridized carbons (Fsp3) is 0.208. The standard InChI is InChI=1S/C53H48N4S/c1-3-17-43(51-35(2)58-50-33-49-44(32-46(50)51)42-26-13-14-28-48(42)57(49)41-24-11-6-12-25-41)52-45(47-27-16-29-54-53(56-47)37-20-9-5-10-21-37)31-40(34-55-52)39-23-15-22-38(30-39)36-18-7-4-8-19-36/h3-11,13-24,26-35,42,44-45,48-49,52H,12,25H2,1-2H3,(H,54,56)/b17-3-,51-43-. The highest BCUT2D eigenvalue weighted by Gasteiger charge is 2.49. The Morgan fingerprint density at radius 2 is 1.59 bits per heavy atom. The monoisotopic (exact) mass is 772 g/mol. The topological polar surface area (TPSA) is 40.0 Å². The van der Waals surface area contributed by atoms with Gasteiger partial charge in [0.05, 0.1) is 18.1 Å². The van der Waals surface area contributed by atoms with Crippen LogP contribution in [0.1, 0.15) is 37.8 Å². The number of amidine groups is 1. The second kappa shape index (κ2) is 15.8. The van der Waals surface area contributed by atoms with Gasteiger partial charge in [0, 0.05) is 57.3 Å². The Morgan fingerprint density at radius 3 is 2.40 bits per heavy atom. The van der Waals surface area contributed by atoms with Crippen LogP contribution >= 0.6 is 11.8 Å². The van der Waals surface area contributed by atoms with Gasteiger partial charge in [-0.1, -0.05) is 140 Å². The molecule has 286 valence electrons. The molecule has 2 fully saturated rings. The van der Waals surface area contributed by atoms with E-state index in [4.69, 9.17) is 9.98 Å². The summed E-state index contributed by atoms with van der Waals surface area (Å²) < 4.78 is 0. The van der Waals surface area contributed by atoms with Crippen LogP contribution in [-0.4, -0.2) is 40.3 Å². The third-order valence-corrected chi connectivity index (χ3v) is 13.7. The summed E-state index contributed by atoms with van der Waals surface area (Å²) in [6.07, 6.45) is 39.0. The first-order chi connectivity index (χ1) is 28.6. The van der Waals surface area contributed by atoms with Gasteiger partial charge in [-0.15, -0.1) is 11.8 Å². The first kappa shape index (κ1) is 36.4. The van der Waals surface area contributed by atoms with Crippen molar-refractivity contribution in [3.05, 3.63) is 220 Å². The number of thioether (sulfide) groups is 1. The maximum absolute atomic E-state index is 5.57. The second-order valence-electron chi connectivity index (χ2n) is 15.9. The van der Waals surface area contributed by atoms with Crippen molar-refractivity contribution >= 4 is 29.4 Å². The molecule has 0 radical (unpaired) electrons. The molecule has 58 heavy (non-hydrogen) atoms. The van der Waals surface area contributed by atoms with E-state index in [1.807, 2.05) is 24.0 Å². The number of hydrogen-bond acceptors (Lipinski definition) is 5. The molecule has 0 aromatic heterocycles. The summed E-state index contributed by atoms with van der Waals surface area (Å²) in [4.78, 5) is 14.6. The third kappa shape index (κ3) is 6.71. The first-order valence-electron chi connectivity index (χ1n) is 20.8. The molecule has 7 atom stereocenters. The molecule has 0 spiro atoms. The van der Waals surface area contributed by atoms with Crippen LogP contribution in [0.5, 0.6) is 0 Å². The van der Waals surface area contributed by atoms with Gasteiger partial charge >= 0.3 is 0 Å². The number of nitrogens with zero attached hydrogens (tertiary/aromatic N) is 3. The average molecular weight is 773 g/mol. The molecular weight excluding hydrogens is 725 g/mol. The number of hydrogen-bond donors (Lipinski definition) is 1. The van der Waals surface area contributed by atoms with Crippen LogP contribution in [-0.2, 0) is 0 Å². The van der Waals surface area contributed by atoms with E-state index in [0.29, 0.717) is 23.9 Å². The van der Waals surface area contributed by atoms with Gasteiger partial charge in [-0.05, 0) is 96.0 Å². The summed E-state index contributed by atoms with van der Waals surface area (Å²) in [5.74, 6) is 1.58. The lowest BCUT2D eigenvalue weighted by molar-refractivity contribution is 0.291. The summed E-state index contributed by atoms with van der Waals surface area (Å²) in [6.45, 7) is 4.53. The molecule has 10 rings (SSSR count). The summed E-state index contributed by atoms with van der Waals surface area (Å²) in [6, 6.07) is 30.5. The third-order valence-electron chi connectivity index (χ3n) is 12.5. The Labute approximate surface area is 347 Å². The number of nitrogens with one attached hydrogen (secondary N) is 1. The van der Waals surface area contributed by atoms with Gasteiger partial charge in [-0.2, -0.15) is 0 Å². The van der Waals surface area contributed by atoms with Crippen LogP contribution < -0.4 is 5.32 Å². The van der Waals surface area contributed by atoms with Gasteiger partial charge in [-0.3, -0.25) is 4.99 Å². The largest absolute Gasteiger partial charge is 0.361 e. The number of rotatable bonds is 7. The lowest BCUT2D eigenvalue weighted by Crippen LogP contribution is -2.36. The van der Waals surface area contributed by atoms with Crippen molar-refractivity contribution in [1.29, 1.82) is 0 Å². The van der Waals surface area contributed by atoms with Gasteiger partial charge in [0.25, 0.3) is 0 Å². The first-order valence-corrected chi connectivity index (χ1v) is 21.7. The molecule has 3 aliphatic carbocycles. The summed E-state index contributed by atoms with van der Waals surface area (Å²) in [7, 11) is 0. The van der Waals surface area contributed by atoms with E-state index < -0.39 is 0 Å². The maximum atomic E-state index is 5.57. The molecule has 3 aromatic carbocycles. The van der Waals surface area contributed by atoms with E-state index >= 15 is 0 Å². The van der Waals surface area contributed by atoms with Gasteiger partial charge in [0.15, 0.2) is 0 Å². The minimum absolute atomic E-state index is 0.0815. The van der Waals surface area contributed by atoms with Crippen LogP contribution in [0, 0.1) is 17.8 Å². The number of dihydropyridines is 1. The average Bonchev–Trinajstić information content (AvgIpc) is 3.64. The second-order valence-corrected chi connectivity index (χ2v) is 17.3. The van der Waals surface area contributed by atoms with E-state index in [9.17, 15) is 0 Å². The molecule has 7 unspecified atom stereocenters. The molecule has 0 saturated carbocycles. The quantitative estimate of drug-likeness (QED) is 0.260. The van der Waals surface area contributed by atoms with Crippen molar-refractivity contribution in [2.24, 2.45) is 27.7 Å². The molecule has 4 heterocycles. The van der Waals surface area contributed by atoms with E-state index in [1.165, 1.54) is 38.4 Å². The number of aliphatic imine (C=N–C) groups is 2. The van der Waals surface area contributed by atoms with E-state index in [2.05, 4.69) is 194 Å². The van der Waals surface area contributed by atoms with E-state index in [1.54, 1.807) is 0 Å². The number of allylic oxidation sites excluding steroid dienone is 11. The summed E-state index contributed by atoms with van der Waals surface area (Å²) in [5.41, 5.74) is 12.4. The van der Waals surface area contributed by atoms with Gasteiger partial charge in [0.1, 0.15) is 5.84 Å². The van der Waals surface area contributed by atoms with Gasteiger partial charge < -0.3 is 10.2 Å². The Morgan fingerprint density at radius 1 is 0.793 bits per heavy atom. The Balaban J connectivity index is 1.08. The number of fused-ring (bicyclic) bond motifs is 4. The zero-order valence-electron chi connectivity index (χ0n) is 33.0. The minimum Gasteiger partial charge on any atom is -0.361 e. The van der Waals surface area contributed by atoms with E-state index in [-0.39, 0.29) is 17.2 Å². The highest BCUT2D eigenvalue weighted by Crippen LogP contribution is 2.55. The maximum Gasteiger partial charge on any atom is 0.137 e. The van der Waals surface area contributed by atoms with Crippen LogP contribution in [0.15, 0.2) is 219 Å². The Kier molecular flexibility index (Phi) is 9.92. The predicted octanol–water partition coefficient (Wildman–Crippen LogP) is 11.7. The lowest BCUT2D eigenvalue weighted by atomic mass is 9.77.